The molecule has 0 saturated heterocycles. The molecule has 5 atom stereocenters. The highest BCUT2D eigenvalue weighted by atomic mass is 16.6. The highest BCUT2D eigenvalue weighted by Crippen LogP contribution is 2.61. The number of aliphatic hydroxyl groups excluding tert-OH is 1. The molecule has 2 saturated carbocycles. The molecule has 4 rings (SSSR count). The maximum atomic E-state index is 10.6. The molecule has 0 heterocycles. The second kappa shape index (κ2) is 13.7. The van der Waals surface area contributed by atoms with Crippen molar-refractivity contribution >= 4 is 6.21 Å². The second-order valence-electron chi connectivity index (χ2n) is 9.64. The van der Waals surface area contributed by atoms with Gasteiger partial charge in [-0.15, -0.1) is 0 Å². The summed E-state index contributed by atoms with van der Waals surface area (Å²) in [4.78, 5) is 5.43. The average Bonchev–Trinajstić information content (AvgIpc) is 3.20. The van der Waals surface area contributed by atoms with Gasteiger partial charge < -0.3 is 15.1 Å². The lowest BCUT2D eigenvalue weighted by Gasteiger charge is -2.50. The van der Waals surface area contributed by atoms with Gasteiger partial charge >= 0.3 is 0 Å². The highest BCUT2D eigenvalue weighted by Gasteiger charge is 2.54. The molecule has 5 unspecified atom stereocenters. The van der Waals surface area contributed by atoms with Crippen molar-refractivity contribution in [1.82, 2.24) is 0 Å². The number of oxime groups is 1. The number of nitrogens with zero attached hydrogens (tertiary/aromatic N) is 1. The Morgan fingerprint density at radius 1 is 1.17 bits per heavy atom. The minimum atomic E-state index is -0.151. The quantitative estimate of drug-likeness (QED) is 0.248. The predicted molar refractivity (Wildman–Crippen MR) is 148 cm³/mol. The molecular weight excluding hydrogens is 434 g/mol. The van der Waals surface area contributed by atoms with Crippen LogP contribution in [-0.4, -0.2) is 29.1 Å². The molecule has 0 aliphatic heterocycles. The zero-order valence-corrected chi connectivity index (χ0v) is 22.8. The van der Waals surface area contributed by atoms with Crippen LogP contribution in [0.25, 0.3) is 0 Å². The molecule has 194 valence electrons. The summed E-state index contributed by atoms with van der Waals surface area (Å²) < 4.78 is 0. The van der Waals surface area contributed by atoms with Crippen molar-refractivity contribution in [2.45, 2.75) is 92.1 Å². The fourth-order valence-corrected chi connectivity index (χ4v) is 6.30. The van der Waals surface area contributed by atoms with E-state index in [1.807, 2.05) is 58.9 Å². The van der Waals surface area contributed by atoms with Crippen molar-refractivity contribution in [3.63, 3.8) is 0 Å². The zero-order chi connectivity index (χ0) is 26.0. The van der Waals surface area contributed by atoms with Crippen molar-refractivity contribution < 1.29 is 15.1 Å². The summed E-state index contributed by atoms with van der Waals surface area (Å²) in [5, 5.41) is 25.2. The topological polar surface area (TPSA) is 62.0 Å². The van der Waals surface area contributed by atoms with Crippen LogP contribution in [0.1, 0.15) is 96.3 Å². The molecule has 0 amide bonds. The van der Waals surface area contributed by atoms with E-state index >= 15 is 0 Å². The molecule has 1 aromatic carbocycles. The molecule has 2 fully saturated rings. The third-order valence-electron chi connectivity index (χ3n) is 8.08. The molecule has 0 aromatic heterocycles. The third kappa shape index (κ3) is 6.27. The number of aromatic hydroxyl groups is 1. The number of phenolic OH excluding ortho intramolecular Hbond substituents is 1. The SMILES string of the molecule is C=C/C(=C\C=C/C)CO/N=C/c1cc2c(cc1O)CCC1C2CCC2(C)C(O)CCC12.CC.CC. The summed E-state index contributed by atoms with van der Waals surface area (Å²) in [6.45, 7) is 16.4. The van der Waals surface area contributed by atoms with Crippen molar-refractivity contribution in [1.29, 1.82) is 0 Å². The van der Waals surface area contributed by atoms with Crippen LogP contribution in [0.15, 0.2) is 53.7 Å². The third-order valence-corrected chi connectivity index (χ3v) is 8.08. The molecule has 0 spiro atoms. The van der Waals surface area contributed by atoms with Gasteiger partial charge in [0.15, 0.2) is 0 Å². The summed E-state index contributed by atoms with van der Waals surface area (Å²) >= 11 is 0. The average molecular weight is 482 g/mol. The Morgan fingerprint density at radius 3 is 2.60 bits per heavy atom. The van der Waals surface area contributed by atoms with Gasteiger partial charge in [-0.25, -0.2) is 0 Å². The molecule has 4 heteroatoms. The highest BCUT2D eigenvalue weighted by molar-refractivity contribution is 5.83. The number of phenols is 1. The molecule has 4 nitrogen and oxygen atoms in total. The Labute approximate surface area is 213 Å². The molecule has 0 bridgehead atoms. The van der Waals surface area contributed by atoms with E-state index in [9.17, 15) is 10.2 Å². The van der Waals surface area contributed by atoms with E-state index < -0.39 is 0 Å². The van der Waals surface area contributed by atoms with Crippen LogP contribution in [0.4, 0.5) is 0 Å². The molecular formula is C31H47NO3. The van der Waals surface area contributed by atoms with Crippen LogP contribution in [0.2, 0.25) is 0 Å². The minimum Gasteiger partial charge on any atom is -0.507 e. The van der Waals surface area contributed by atoms with Crippen molar-refractivity contribution in [3.8, 4) is 5.75 Å². The van der Waals surface area contributed by atoms with Crippen LogP contribution in [0, 0.1) is 17.3 Å². The Hall–Kier alpha value is -2.33. The summed E-state index contributed by atoms with van der Waals surface area (Å²) in [5.41, 5.74) is 4.35. The number of rotatable bonds is 6. The molecule has 35 heavy (non-hydrogen) atoms. The maximum absolute atomic E-state index is 10.6. The van der Waals surface area contributed by atoms with E-state index in [4.69, 9.17) is 4.84 Å². The fraction of sp³-hybridized carbons (Fsp3) is 0.581. The number of hydrogen-bond donors (Lipinski definition) is 2. The number of fused-ring (bicyclic) bond motifs is 5. The first kappa shape index (κ1) is 28.9. The minimum absolute atomic E-state index is 0.0804. The number of allylic oxidation sites excluding steroid dienone is 3. The molecule has 3 aliphatic carbocycles. The molecule has 2 N–H and O–H groups in total. The van der Waals surface area contributed by atoms with Gasteiger partial charge in [0, 0.05) is 5.56 Å². The van der Waals surface area contributed by atoms with Crippen LogP contribution >= 0.6 is 0 Å². The van der Waals surface area contributed by atoms with Crippen molar-refractivity contribution in [2.24, 2.45) is 22.4 Å². The first-order valence-electron chi connectivity index (χ1n) is 13.6. The van der Waals surface area contributed by atoms with Gasteiger partial charge in [-0.3, -0.25) is 0 Å². The number of benzene rings is 1. The van der Waals surface area contributed by atoms with Gasteiger partial charge in [-0.2, -0.15) is 0 Å². The summed E-state index contributed by atoms with van der Waals surface area (Å²) in [6.07, 6.45) is 15.5. The summed E-state index contributed by atoms with van der Waals surface area (Å²) in [7, 11) is 0. The molecule has 3 aliphatic rings. The van der Waals surface area contributed by atoms with Gasteiger partial charge in [0.05, 0.1) is 12.3 Å². The summed E-state index contributed by atoms with van der Waals surface area (Å²) in [5.74, 6) is 2.00. The lowest BCUT2D eigenvalue weighted by Crippen LogP contribution is -2.43. The summed E-state index contributed by atoms with van der Waals surface area (Å²) in [6, 6.07) is 4.04. The van der Waals surface area contributed by atoms with Crippen molar-refractivity contribution in [2.75, 3.05) is 6.61 Å². The van der Waals surface area contributed by atoms with Gasteiger partial charge in [0.1, 0.15) is 12.4 Å². The van der Waals surface area contributed by atoms with Crippen molar-refractivity contribution in [3.05, 3.63) is 65.3 Å². The smallest absolute Gasteiger partial charge is 0.142 e. The maximum Gasteiger partial charge on any atom is 0.142 e. The molecule has 0 radical (unpaired) electrons. The van der Waals surface area contributed by atoms with Crippen LogP contribution < -0.4 is 0 Å². The van der Waals surface area contributed by atoms with Gasteiger partial charge in [0.25, 0.3) is 0 Å². The Morgan fingerprint density at radius 2 is 1.91 bits per heavy atom. The van der Waals surface area contributed by atoms with Crippen LogP contribution in [-0.2, 0) is 11.3 Å². The van der Waals surface area contributed by atoms with Gasteiger partial charge in [-0.05, 0) is 97.5 Å². The van der Waals surface area contributed by atoms with E-state index in [1.165, 1.54) is 11.1 Å². The first-order valence-corrected chi connectivity index (χ1v) is 13.6. The zero-order valence-electron chi connectivity index (χ0n) is 22.8. The Balaban J connectivity index is 0.00000103. The normalized spacial score (nSPS) is 29.3. The first-order chi connectivity index (χ1) is 17.0. The number of aliphatic hydroxyl groups is 1. The standard InChI is InChI=1S/C27H35NO3.2C2H6/c1-4-6-7-18(5-2)17-31-28-16-20-14-23-19(15-25(20)29)8-9-22-21(23)12-13-27(3)24(22)10-11-26(27)30;2*1-2/h4-7,14-16,21-22,24,26,29-30H,2,8-13,17H2,1,3H3;2*1-2H3/b6-4-,18-7+,28-16+;;. The van der Waals surface area contributed by atoms with E-state index in [-0.39, 0.29) is 17.3 Å². The fourth-order valence-electron chi connectivity index (χ4n) is 6.30. The van der Waals surface area contributed by atoms with E-state index in [2.05, 4.69) is 24.7 Å². The largest absolute Gasteiger partial charge is 0.507 e. The lowest BCUT2D eigenvalue weighted by atomic mass is 9.55. The molecule has 1 aromatic rings. The monoisotopic (exact) mass is 481 g/mol. The van der Waals surface area contributed by atoms with E-state index in [0.717, 1.165) is 44.1 Å². The number of aryl methyl sites for hydroxylation is 1. The Kier molecular flexibility index (Phi) is 11.3. The van der Waals surface area contributed by atoms with E-state index in [0.29, 0.717) is 29.9 Å². The predicted octanol–water partition coefficient (Wildman–Crippen LogP) is 7.70. The Bertz CT molecular complexity index is 916. The van der Waals surface area contributed by atoms with Gasteiger partial charge in [0.2, 0.25) is 0 Å². The second-order valence-corrected chi connectivity index (χ2v) is 9.64. The van der Waals surface area contributed by atoms with Crippen LogP contribution in [0.3, 0.4) is 0 Å². The van der Waals surface area contributed by atoms with Gasteiger partial charge in [-0.1, -0.05) is 70.7 Å². The lowest BCUT2D eigenvalue weighted by molar-refractivity contribution is -0.0226. The van der Waals surface area contributed by atoms with E-state index in [1.54, 1.807) is 12.3 Å². The number of hydrogen-bond acceptors (Lipinski definition) is 4. The van der Waals surface area contributed by atoms with Crippen LogP contribution in [0.5, 0.6) is 5.75 Å².